The normalized spacial score (nSPS) is 11.7. The minimum atomic E-state index is -4.88. The van der Waals surface area contributed by atoms with Gasteiger partial charge in [0.15, 0.2) is 29.9 Å². The van der Waals surface area contributed by atoms with E-state index < -0.39 is 78.2 Å². The molecule has 1 amide bonds. The van der Waals surface area contributed by atoms with Crippen molar-refractivity contribution in [2.45, 2.75) is 9.79 Å². The monoisotopic (exact) mass is 707 g/mol. The summed E-state index contributed by atoms with van der Waals surface area (Å²) in [5, 5.41) is 0. The molecule has 0 saturated carbocycles. The maximum absolute atomic E-state index is 13.8. The van der Waals surface area contributed by atoms with E-state index in [0.717, 1.165) is 30.3 Å². The van der Waals surface area contributed by atoms with E-state index in [4.69, 9.17) is 14.0 Å². The Bertz CT molecular complexity index is 1670. The van der Waals surface area contributed by atoms with Crippen LogP contribution in [0.3, 0.4) is 0 Å². The number of halogens is 6. The van der Waals surface area contributed by atoms with Crippen LogP contribution in [0.25, 0.3) is 0 Å². The third-order valence-electron chi connectivity index (χ3n) is 4.57. The highest BCUT2D eigenvalue weighted by atomic mass is 127. The zero-order chi connectivity index (χ0) is 29.3. The zero-order valence-corrected chi connectivity index (χ0v) is 22.3. The van der Waals surface area contributed by atoms with Crippen LogP contribution in [0.15, 0.2) is 52.3 Å². The third kappa shape index (κ3) is 6.81. The Kier molecular flexibility index (Phi) is 8.82. The number of esters is 1. The molecule has 208 valence electrons. The maximum Gasteiger partial charge on any atom is 0.349 e. The zero-order valence-electron chi connectivity index (χ0n) is 18.5. The van der Waals surface area contributed by atoms with Crippen LogP contribution in [0.4, 0.5) is 22.0 Å². The highest BCUT2D eigenvalue weighted by Gasteiger charge is 2.32. The Morgan fingerprint density at radius 1 is 0.821 bits per heavy atom. The lowest BCUT2D eigenvalue weighted by molar-refractivity contribution is -0.136. The summed E-state index contributed by atoms with van der Waals surface area (Å²) in [7, 11) is -9.35. The van der Waals surface area contributed by atoms with E-state index in [1.807, 2.05) is 0 Å². The fourth-order valence-corrected chi connectivity index (χ4v) is 5.63. The van der Waals surface area contributed by atoms with Crippen molar-refractivity contribution in [3.05, 3.63) is 80.7 Å². The first-order valence-corrected chi connectivity index (χ1v) is 13.8. The Morgan fingerprint density at radius 3 is 1.85 bits per heavy atom. The summed E-state index contributed by atoms with van der Waals surface area (Å²) < 4.78 is 135. The molecule has 0 saturated heterocycles. The lowest BCUT2D eigenvalue weighted by Crippen LogP contribution is -2.32. The molecule has 3 aromatic carbocycles. The minimum Gasteiger partial charge on any atom is -0.482 e. The van der Waals surface area contributed by atoms with E-state index in [9.17, 15) is 48.4 Å². The van der Waals surface area contributed by atoms with E-state index in [1.165, 1.54) is 16.9 Å². The van der Waals surface area contributed by atoms with Gasteiger partial charge in [-0.1, -0.05) is 0 Å². The molecule has 0 unspecified atom stereocenters. The highest BCUT2D eigenvalue weighted by Crippen LogP contribution is 2.25. The first kappa shape index (κ1) is 30.2. The van der Waals surface area contributed by atoms with Crippen molar-refractivity contribution in [2.75, 3.05) is 6.61 Å². The van der Waals surface area contributed by atoms with Crippen molar-refractivity contribution in [2.24, 2.45) is 0 Å². The highest BCUT2D eigenvalue weighted by molar-refractivity contribution is 14.1. The molecule has 0 aliphatic carbocycles. The first-order chi connectivity index (χ1) is 18.0. The molecule has 0 spiro atoms. The predicted molar refractivity (Wildman–Crippen MR) is 127 cm³/mol. The number of benzene rings is 3. The van der Waals surface area contributed by atoms with Crippen molar-refractivity contribution < 1.29 is 62.4 Å². The molecule has 0 fully saturated rings. The number of hydrogen-bond acceptors (Lipinski definition) is 8. The van der Waals surface area contributed by atoms with Gasteiger partial charge < -0.3 is 9.47 Å². The molecular formula is C21H11F5INO9S2. The van der Waals surface area contributed by atoms with Gasteiger partial charge in [0, 0.05) is 3.57 Å². The fourth-order valence-electron chi connectivity index (χ4n) is 2.81. The summed E-state index contributed by atoms with van der Waals surface area (Å²) in [6, 6.07) is 6.91. The molecule has 10 nitrogen and oxygen atoms in total. The summed E-state index contributed by atoms with van der Waals surface area (Å²) >= 11 is 1.62. The molecule has 18 heteroatoms. The lowest BCUT2D eigenvalue weighted by Gasteiger charge is -2.11. The Labute approximate surface area is 229 Å². The van der Waals surface area contributed by atoms with Crippen molar-refractivity contribution in [3.8, 4) is 11.5 Å². The molecule has 3 aromatic rings. The number of carbonyl (C=O) groups excluding carboxylic acids is 2. The van der Waals surface area contributed by atoms with Crippen LogP contribution >= 0.6 is 22.6 Å². The minimum absolute atomic E-state index is 0.0507. The van der Waals surface area contributed by atoms with Gasteiger partial charge in [-0.05, 0) is 65.1 Å². The van der Waals surface area contributed by atoms with Crippen molar-refractivity contribution in [3.63, 3.8) is 0 Å². The summed E-state index contributed by atoms with van der Waals surface area (Å²) in [4.78, 5) is 23.0. The Morgan fingerprint density at radius 2 is 1.33 bits per heavy atom. The van der Waals surface area contributed by atoms with Crippen LogP contribution < -0.4 is 14.2 Å². The lowest BCUT2D eigenvalue weighted by atomic mass is 10.1. The van der Waals surface area contributed by atoms with Crippen LogP contribution in [0, 0.1) is 32.7 Å². The number of carbonyl (C=O) groups is 2. The Hall–Kier alpha value is -3.36. The van der Waals surface area contributed by atoms with Gasteiger partial charge in [0.1, 0.15) is 22.0 Å². The Balaban J connectivity index is 1.66. The average molecular weight is 707 g/mol. The molecule has 39 heavy (non-hydrogen) atoms. The molecule has 0 aliphatic heterocycles. The molecular weight excluding hydrogens is 696 g/mol. The van der Waals surface area contributed by atoms with Crippen LogP contribution in [-0.2, 0) is 24.9 Å². The molecule has 3 rings (SSSR count). The van der Waals surface area contributed by atoms with E-state index in [1.54, 1.807) is 22.6 Å². The smallest absolute Gasteiger partial charge is 0.349 e. The summed E-state index contributed by atoms with van der Waals surface area (Å²) in [6.45, 7) is -0.681. The quantitative estimate of drug-likeness (QED) is 0.0683. The van der Waals surface area contributed by atoms with Gasteiger partial charge in [0.2, 0.25) is 5.82 Å². The second-order valence-corrected chi connectivity index (χ2v) is 11.4. The van der Waals surface area contributed by atoms with Crippen molar-refractivity contribution in [1.29, 1.82) is 0 Å². The van der Waals surface area contributed by atoms with Gasteiger partial charge in [0.25, 0.3) is 26.0 Å². The van der Waals surface area contributed by atoms with Gasteiger partial charge in [-0.25, -0.2) is 39.9 Å². The third-order valence-corrected chi connectivity index (χ3v) is 8.08. The van der Waals surface area contributed by atoms with Gasteiger partial charge in [0.05, 0.1) is 4.90 Å². The van der Waals surface area contributed by atoms with E-state index >= 15 is 0 Å². The van der Waals surface area contributed by atoms with Gasteiger partial charge in [-0.2, -0.15) is 8.42 Å². The van der Waals surface area contributed by atoms with Crippen LogP contribution in [-0.4, -0.2) is 39.9 Å². The van der Waals surface area contributed by atoms with E-state index in [2.05, 4.69) is 0 Å². The number of sulfonamides is 1. The number of nitrogens with one attached hydrogen (secondary N) is 1. The number of rotatable bonds is 8. The first-order valence-electron chi connectivity index (χ1n) is 9.82. The van der Waals surface area contributed by atoms with Crippen LogP contribution in [0.1, 0.15) is 10.4 Å². The number of ether oxygens (including phenoxy) is 2. The summed E-state index contributed by atoms with van der Waals surface area (Å²) in [6.07, 6.45) is 0. The predicted octanol–water partition coefficient (Wildman–Crippen LogP) is 3.34. The second kappa shape index (κ2) is 11.4. The van der Waals surface area contributed by atoms with Crippen molar-refractivity contribution in [1.82, 2.24) is 4.72 Å². The fraction of sp³-hybridized carbons (Fsp3) is 0.0476. The molecule has 0 atom stereocenters. The molecule has 0 aromatic heterocycles. The van der Waals surface area contributed by atoms with E-state index in [0.29, 0.717) is 0 Å². The average Bonchev–Trinajstić information content (AvgIpc) is 2.84. The maximum atomic E-state index is 13.8. The van der Waals surface area contributed by atoms with Crippen molar-refractivity contribution >= 4 is 54.6 Å². The van der Waals surface area contributed by atoms with Crippen LogP contribution in [0.2, 0.25) is 0 Å². The largest absolute Gasteiger partial charge is 0.482 e. The summed E-state index contributed by atoms with van der Waals surface area (Å²) in [5.74, 6) is -15.8. The van der Waals surface area contributed by atoms with Gasteiger partial charge in [-0.3, -0.25) is 9.35 Å². The van der Waals surface area contributed by atoms with Gasteiger partial charge >= 0.3 is 5.97 Å². The number of amides is 1. The van der Waals surface area contributed by atoms with E-state index in [-0.39, 0.29) is 20.0 Å². The second-order valence-electron chi connectivity index (χ2n) is 7.18. The standard InChI is InChI=1S/C21H11F5INO9S2/c22-16-15(17(23)19(25)20(26)18(16)24)21(30)28-38(31,32)11-4-1-9(2-5-11)37-14(29)8-36-10-3-6-13(12(27)7-10)39(33,34)35/h1-7H,8H2,(H,28,30)(H,33,34,35). The SMILES string of the molecule is O=C(COc1ccc(S(=O)(=O)O)c(I)c1)Oc1ccc(S(=O)(=O)NC(=O)c2c(F)c(F)c(F)c(F)c2F)cc1. The molecule has 0 radical (unpaired) electrons. The molecule has 0 heterocycles. The molecule has 2 N–H and O–H groups in total. The summed E-state index contributed by atoms with van der Waals surface area (Å²) in [5.41, 5.74) is -2.01. The van der Waals surface area contributed by atoms with Crippen LogP contribution in [0.5, 0.6) is 11.5 Å². The van der Waals surface area contributed by atoms with Gasteiger partial charge in [-0.15, -0.1) is 0 Å². The molecule has 0 bridgehead atoms. The topological polar surface area (TPSA) is 153 Å². The number of hydrogen-bond donors (Lipinski definition) is 2. The molecule has 0 aliphatic rings.